The normalized spacial score (nSPS) is 19.7. The Kier molecular flexibility index (Phi) is 7.51. The van der Waals surface area contributed by atoms with Gasteiger partial charge in [-0.1, -0.05) is 0 Å². The molecule has 1 amide bonds. The van der Waals surface area contributed by atoms with Gasteiger partial charge >= 0.3 is 5.97 Å². The lowest BCUT2D eigenvalue weighted by atomic mass is 10.3. The second kappa shape index (κ2) is 8.69. The topological polar surface area (TPSA) is 55.4 Å². The van der Waals surface area contributed by atoms with Crippen molar-refractivity contribution in [3.8, 4) is 0 Å². The van der Waals surface area contributed by atoms with Gasteiger partial charge in [-0.15, -0.1) is 0 Å². The first-order valence-electron chi connectivity index (χ1n) is 5.84. The van der Waals surface area contributed by atoms with Crippen molar-refractivity contribution in [3.63, 3.8) is 0 Å². The molecule has 1 aliphatic rings. The van der Waals surface area contributed by atoms with Crippen LogP contribution >= 0.6 is 23.5 Å². The third-order valence-electron chi connectivity index (χ3n) is 2.27. The standard InChI is InChI=1S/C11H19NO3S2/c1-2-15-11(14)4-3-10(13)12-7-9-8-16-5-6-17-9/h9H,2-8H2,1H3,(H,12,13). The highest BCUT2D eigenvalue weighted by Crippen LogP contribution is 2.23. The van der Waals surface area contributed by atoms with Gasteiger partial charge in [0.05, 0.1) is 13.0 Å². The van der Waals surface area contributed by atoms with Crippen LogP contribution in [0.5, 0.6) is 0 Å². The van der Waals surface area contributed by atoms with E-state index in [9.17, 15) is 9.59 Å². The molecule has 1 fully saturated rings. The SMILES string of the molecule is CCOC(=O)CCC(=O)NCC1CSCCS1. The zero-order valence-electron chi connectivity index (χ0n) is 10.1. The van der Waals surface area contributed by atoms with E-state index in [4.69, 9.17) is 4.74 Å². The van der Waals surface area contributed by atoms with Gasteiger partial charge in [-0.25, -0.2) is 0 Å². The minimum atomic E-state index is -0.301. The van der Waals surface area contributed by atoms with Crippen molar-refractivity contribution in [1.29, 1.82) is 0 Å². The largest absolute Gasteiger partial charge is 0.466 e. The monoisotopic (exact) mass is 277 g/mol. The quantitative estimate of drug-likeness (QED) is 0.742. The van der Waals surface area contributed by atoms with Crippen molar-refractivity contribution in [3.05, 3.63) is 0 Å². The fourth-order valence-electron chi connectivity index (χ4n) is 1.42. The van der Waals surface area contributed by atoms with Gasteiger partial charge in [-0.2, -0.15) is 23.5 Å². The molecule has 0 aromatic carbocycles. The van der Waals surface area contributed by atoms with Crippen LogP contribution in [0.4, 0.5) is 0 Å². The fraction of sp³-hybridized carbons (Fsp3) is 0.818. The second-order valence-electron chi connectivity index (χ2n) is 3.68. The number of carbonyl (C=O) groups excluding carboxylic acids is 2. The van der Waals surface area contributed by atoms with E-state index in [0.29, 0.717) is 18.4 Å². The summed E-state index contributed by atoms with van der Waals surface area (Å²) in [6.07, 6.45) is 0.398. The smallest absolute Gasteiger partial charge is 0.306 e. The molecule has 1 saturated heterocycles. The average molecular weight is 277 g/mol. The van der Waals surface area contributed by atoms with E-state index in [-0.39, 0.29) is 24.7 Å². The minimum Gasteiger partial charge on any atom is -0.466 e. The molecule has 1 heterocycles. The van der Waals surface area contributed by atoms with E-state index < -0.39 is 0 Å². The highest BCUT2D eigenvalue weighted by molar-refractivity contribution is 8.06. The zero-order chi connectivity index (χ0) is 12.5. The van der Waals surface area contributed by atoms with Crippen LogP contribution in [0.15, 0.2) is 0 Å². The summed E-state index contributed by atoms with van der Waals surface area (Å²) in [7, 11) is 0. The molecule has 0 saturated carbocycles. The molecule has 0 aromatic rings. The van der Waals surface area contributed by atoms with Crippen molar-refractivity contribution in [2.24, 2.45) is 0 Å². The Morgan fingerprint density at radius 2 is 2.18 bits per heavy atom. The van der Waals surface area contributed by atoms with Crippen LogP contribution in [0, 0.1) is 0 Å². The molecule has 1 aliphatic heterocycles. The van der Waals surface area contributed by atoms with Crippen LogP contribution in [0.25, 0.3) is 0 Å². The number of carbonyl (C=O) groups is 2. The Hall–Kier alpha value is -0.360. The van der Waals surface area contributed by atoms with Gasteiger partial charge in [0.15, 0.2) is 0 Å². The first-order valence-corrected chi connectivity index (χ1v) is 8.04. The Morgan fingerprint density at radius 1 is 1.35 bits per heavy atom. The fourth-order valence-corrected chi connectivity index (χ4v) is 4.03. The van der Waals surface area contributed by atoms with Gasteiger partial charge < -0.3 is 10.1 Å². The highest BCUT2D eigenvalue weighted by Gasteiger charge is 2.15. The van der Waals surface area contributed by atoms with E-state index in [0.717, 1.165) is 11.5 Å². The lowest BCUT2D eigenvalue weighted by molar-refractivity contribution is -0.144. The molecule has 6 heteroatoms. The first kappa shape index (κ1) is 14.7. The van der Waals surface area contributed by atoms with Crippen LogP contribution < -0.4 is 5.32 Å². The predicted molar refractivity (Wildman–Crippen MR) is 72.4 cm³/mol. The number of ether oxygens (including phenoxy) is 1. The summed E-state index contributed by atoms with van der Waals surface area (Å²) in [6, 6.07) is 0. The molecule has 0 aliphatic carbocycles. The van der Waals surface area contributed by atoms with Crippen molar-refractivity contribution in [2.45, 2.75) is 25.0 Å². The van der Waals surface area contributed by atoms with Crippen molar-refractivity contribution >= 4 is 35.4 Å². The summed E-state index contributed by atoms with van der Waals surface area (Å²) >= 11 is 3.84. The van der Waals surface area contributed by atoms with Crippen LogP contribution in [0.3, 0.4) is 0 Å². The number of esters is 1. The second-order valence-corrected chi connectivity index (χ2v) is 6.23. The molecule has 4 nitrogen and oxygen atoms in total. The average Bonchev–Trinajstić information content (AvgIpc) is 2.35. The molecule has 0 bridgehead atoms. The third kappa shape index (κ3) is 6.83. The molecule has 17 heavy (non-hydrogen) atoms. The lowest BCUT2D eigenvalue weighted by Crippen LogP contribution is -2.33. The minimum absolute atomic E-state index is 0.0609. The van der Waals surface area contributed by atoms with Crippen molar-refractivity contribution in [1.82, 2.24) is 5.32 Å². The number of nitrogens with one attached hydrogen (secondary N) is 1. The molecule has 1 unspecified atom stereocenters. The van der Waals surface area contributed by atoms with E-state index in [1.807, 2.05) is 23.5 Å². The number of amides is 1. The molecule has 0 aromatic heterocycles. The number of hydrogen-bond acceptors (Lipinski definition) is 5. The van der Waals surface area contributed by atoms with Crippen LogP contribution in [-0.2, 0) is 14.3 Å². The molecule has 1 N–H and O–H groups in total. The van der Waals surface area contributed by atoms with Crippen LogP contribution in [0.1, 0.15) is 19.8 Å². The molecule has 98 valence electrons. The van der Waals surface area contributed by atoms with Gasteiger partial charge in [0, 0.05) is 35.5 Å². The summed E-state index contributed by atoms with van der Waals surface area (Å²) in [5.74, 6) is 3.11. The van der Waals surface area contributed by atoms with Gasteiger partial charge in [0.1, 0.15) is 0 Å². The molecule has 0 radical (unpaired) electrons. The number of thioether (sulfide) groups is 2. The van der Waals surface area contributed by atoms with Crippen molar-refractivity contribution in [2.75, 3.05) is 30.4 Å². The van der Waals surface area contributed by atoms with Gasteiger partial charge in [-0.05, 0) is 6.92 Å². The van der Waals surface area contributed by atoms with Gasteiger partial charge in [-0.3, -0.25) is 9.59 Å². The Morgan fingerprint density at radius 3 is 2.82 bits per heavy atom. The van der Waals surface area contributed by atoms with Gasteiger partial charge in [0.2, 0.25) is 5.91 Å². The Balaban J connectivity index is 2.06. The van der Waals surface area contributed by atoms with Crippen LogP contribution in [0.2, 0.25) is 0 Å². The summed E-state index contributed by atoms with van der Waals surface area (Å²) in [5, 5.41) is 3.38. The van der Waals surface area contributed by atoms with E-state index >= 15 is 0 Å². The Labute approximate surface area is 111 Å². The maximum Gasteiger partial charge on any atom is 0.306 e. The summed E-state index contributed by atoms with van der Waals surface area (Å²) in [4.78, 5) is 22.5. The maximum atomic E-state index is 11.5. The zero-order valence-corrected chi connectivity index (χ0v) is 11.7. The van der Waals surface area contributed by atoms with E-state index in [2.05, 4.69) is 5.32 Å². The van der Waals surface area contributed by atoms with Gasteiger partial charge in [0.25, 0.3) is 0 Å². The maximum absolute atomic E-state index is 11.5. The third-order valence-corrected chi connectivity index (χ3v) is 5.12. The summed E-state index contributed by atoms with van der Waals surface area (Å²) in [6.45, 7) is 2.84. The predicted octanol–water partition coefficient (Wildman–Crippen LogP) is 1.29. The number of rotatable bonds is 6. The summed E-state index contributed by atoms with van der Waals surface area (Å²) < 4.78 is 4.76. The lowest BCUT2D eigenvalue weighted by Gasteiger charge is -2.21. The molecular formula is C11H19NO3S2. The van der Waals surface area contributed by atoms with E-state index in [1.54, 1.807) is 6.92 Å². The van der Waals surface area contributed by atoms with Crippen LogP contribution in [-0.4, -0.2) is 47.5 Å². The number of hydrogen-bond donors (Lipinski definition) is 1. The summed E-state index contributed by atoms with van der Waals surface area (Å²) in [5.41, 5.74) is 0. The van der Waals surface area contributed by atoms with Crippen molar-refractivity contribution < 1.29 is 14.3 Å². The Bertz CT molecular complexity index is 255. The molecule has 0 spiro atoms. The van der Waals surface area contributed by atoms with E-state index in [1.165, 1.54) is 5.75 Å². The first-order chi connectivity index (χ1) is 8.22. The molecule has 1 atom stereocenters. The highest BCUT2D eigenvalue weighted by atomic mass is 32.2. The molecule has 1 rings (SSSR count). The molecular weight excluding hydrogens is 258 g/mol.